The molecular weight excluding hydrogens is 507 g/mol. The van der Waals surface area contributed by atoms with Crippen molar-refractivity contribution in [1.82, 2.24) is 19.5 Å². The lowest BCUT2D eigenvalue weighted by Crippen LogP contribution is -2.49. The van der Waals surface area contributed by atoms with Crippen molar-refractivity contribution < 1.29 is 4.74 Å². The zero-order valence-electron chi connectivity index (χ0n) is 22.0. The molecule has 2 atom stereocenters. The van der Waals surface area contributed by atoms with Crippen molar-refractivity contribution in [1.29, 1.82) is 0 Å². The lowest BCUT2D eigenvalue weighted by Gasteiger charge is -2.39. The number of anilines is 2. The van der Waals surface area contributed by atoms with Crippen molar-refractivity contribution in [2.24, 2.45) is 11.8 Å². The van der Waals surface area contributed by atoms with Crippen LogP contribution in [0.5, 0.6) is 0 Å². The monoisotopic (exact) mass is 542 g/mol. The number of morpholine rings is 1. The maximum Gasteiger partial charge on any atom is 0.207 e. The molecular formula is C28H36Cl2N6O. The fourth-order valence-corrected chi connectivity index (χ4v) is 6.95. The quantitative estimate of drug-likeness (QED) is 0.345. The number of aromatic nitrogens is 4. The Morgan fingerprint density at radius 3 is 2.65 bits per heavy atom. The summed E-state index contributed by atoms with van der Waals surface area (Å²) in [5, 5.41) is 1.00. The van der Waals surface area contributed by atoms with Gasteiger partial charge in [0.05, 0.1) is 34.8 Å². The molecule has 3 aliphatic rings. The number of fused-ring (bicyclic) bond motifs is 2. The second-order valence-corrected chi connectivity index (χ2v) is 12.2. The summed E-state index contributed by atoms with van der Waals surface area (Å²) >= 11 is 13.1. The second-order valence-electron chi connectivity index (χ2n) is 11.3. The minimum Gasteiger partial charge on any atom is -0.374 e. The molecule has 6 rings (SSSR count). The van der Waals surface area contributed by atoms with Gasteiger partial charge in [0.1, 0.15) is 16.7 Å². The molecule has 3 fully saturated rings. The van der Waals surface area contributed by atoms with E-state index in [2.05, 4.69) is 21.4 Å². The zero-order chi connectivity index (χ0) is 25.7. The topological polar surface area (TPSA) is 59.3 Å². The van der Waals surface area contributed by atoms with Crippen LogP contribution in [0.3, 0.4) is 0 Å². The largest absolute Gasteiger partial charge is 0.374 e. The molecule has 198 valence electrons. The molecule has 1 saturated heterocycles. The van der Waals surface area contributed by atoms with Gasteiger partial charge < -0.3 is 19.1 Å². The maximum absolute atomic E-state index is 6.63. The Bertz CT molecular complexity index is 1290. The molecule has 0 aromatic carbocycles. The average Bonchev–Trinajstić information content (AvgIpc) is 3.49. The van der Waals surface area contributed by atoms with E-state index in [9.17, 15) is 0 Å². The molecule has 3 aromatic rings. The van der Waals surface area contributed by atoms with Crippen LogP contribution in [0.25, 0.3) is 22.3 Å². The van der Waals surface area contributed by atoms with Gasteiger partial charge in [-0.3, -0.25) is 0 Å². The first-order valence-electron chi connectivity index (χ1n) is 13.7. The van der Waals surface area contributed by atoms with Crippen LogP contribution in [0.2, 0.25) is 10.2 Å². The first kappa shape index (κ1) is 25.2. The summed E-state index contributed by atoms with van der Waals surface area (Å²) in [5.41, 5.74) is 3.56. The Balaban J connectivity index is 1.55. The predicted molar refractivity (Wildman–Crippen MR) is 151 cm³/mol. The molecule has 0 bridgehead atoms. The van der Waals surface area contributed by atoms with Crippen LogP contribution in [-0.4, -0.2) is 58.9 Å². The van der Waals surface area contributed by atoms with Crippen LogP contribution < -0.4 is 9.80 Å². The van der Waals surface area contributed by atoms with Crippen molar-refractivity contribution in [3.8, 4) is 11.3 Å². The van der Waals surface area contributed by atoms with E-state index in [1.165, 1.54) is 32.1 Å². The maximum atomic E-state index is 6.63. The lowest BCUT2D eigenvalue weighted by molar-refractivity contribution is 0.0247. The van der Waals surface area contributed by atoms with Crippen LogP contribution in [0.4, 0.5) is 11.8 Å². The molecule has 3 aromatic heterocycles. The highest BCUT2D eigenvalue weighted by molar-refractivity contribution is 6.31. The van der Waals surface area contributed by atoms with Gasteiger partial charge in [-0.15, -0.1) is 0 Å². The Kier molecular flexibility index (Phi) is 6.97. The van der Waals surface area contributed by atoms with Crippen molar-refractivity contribution >= 4 is 46.0 Å². The summed E-state index contributed by atoms with van der Waals surface area (Å²) in [7, 11) is 3.97. The Hall–Kier alpha value is -2.09. The Labute approximate surface area is 229 Å². The van der Waals surface area contributed by atoms with Gasteiger partial charge >= 0.3 is 0 Å². The Morgan fingerprint density at radius 2 is 1.86 bits per heavy atom. The first-order chi connectivity index (χ1) is 17.9. The molecule has 1 aliphatic heterocycles. The Morgan fingerprint density at radius 1 is 1.05 bits per heavy atom. The fraction of sp³-hybridized carbons (Fsp3) is 0.607. The van der Waals surface area contributed by atoms with E-state index in [1.807, 2.05) is 31.1 Å². The second kappa shape index (κ2) is 10.2. The van der Waals surface area contributed by atoms with Crippen molar-refractivity contribution in [2.75, 3.05) is 37.0 Å². The van der Waals surface area contributed by atoms with Crippen molar-refractivity contribution in [3.63, 3.8) is 0 Å². The van der Waals surface area contributed by atoms with E-state index in [0.29, 0.717) is 22.1 Å². The highest BCUT2D eigenvalue weighted by Crippen LogP contribution is 2.41. The third-order valence-corrected chi connectivity index (χ3v) is 8.90. The highest BCUT2D eigenvalue weighted by atomic mass is 35.5. The SMILES string of the molecule is CN(C)c1ncc(Cl)cc1-c1nc(Cl)cc2nc(N3CCO[C@H]4CCC[C@@H]43)n(C[C@H]3CC[C@H](C)CC3)c12. The molecule has 37 heavy (non-hydrogen) atoms. The van der Waals surface area contributed by atoms with Crippen molar-refractivity contribution in [3.05, 3.63) is 28.5 Å². The summed E-state index contributed by atoms with van der Waals surface area (Å²) in [5.74, 6) is 3.26. The number of hydrogen-bond acceptors (Lipinski definition) is 6. The van der Waals surface area contributed by atoms with E-state index in [1.54, 1.807) is 6.20 Å². The van der Waals surface area contributed by atoms with E-state index in [0.717, 1.165) is 72.5 Å². The smallest absolute Gasteiger partial charge is 0.207 e. The molecule has 0 spiro atoms. The van der Waals surface area contributed by atoms with E-state index in [-0.39, 0.29) is 6.10 Å². The van der Waals surface area contributed by atoms with Crippen LogP contribution in [0.15, 0.2) is 18.3 Å². The van der Waals surface area contributed by atoms with Gasteiger partial charge in [-0.2, -0.15) is 0 Å². The number of hydrogen-bond donors (Lipinski definition) is 0. The van der Waals surface area contributed by atoms with Gasteiger partial charge in [-0.25, -0.2) is 15.0 Å². The zero-order valence-corrected chi connectivity index (χ0v) is 23.5. The fourth-order valence-electron chi connectivity index (χ4n) is 6.60. The van der Waals surface area contributed by atoms with Gasteiger partial charge in [0, 0.05) is 45.0 Å². The van der Waals surface area contributed by atoms with Crippen LogP contribution in [0, 0.1) is 11.8 Å². The van der Waals surface area contributed by atoms with Gasteiger partial charge in [-0.1, -0.05) is 43.0 Å². The number of imidazole rings is 1. The molecule has 0 N–H and O–H groups in total. The minimum atomic E-state index is 0.288. The van der Waals surface area contributed by atoms with E-state index < -0.39 is 0 Å². The number of pyridine rings is 2. The molecule has 0 radical (unpaired) electrons. The van der Waals surface area contributed by atoms with Crippen LogP contribution >= 0.6 is 23.2 Å². The first-order valence-corrected chi connectivity index (χ1v) is 14.4. The van der Waals surface area contributed by atoms with E-state index >= 15 is 0 Å². The number of ether oxygens (including phenoxy) is 1. The van der Waals surface area contributed by atoms with Gasteiger partial charge in [0.2, 0.25) is 5.95 Å². The van der Waals surface area contributed by atoms with Crippen molar-refractivity contribution in [2.45, 2.75) is 70.6 Å². The molecule has 9 heteroatoms. The summed E-state index contributed by atoms with van der Waals surface area (Å²) in [4.78, 5) is 19.3. The van der Waals surface area contributed by atoms with Gasteiger partial charge in [0.15, 0.2) is 0 Å². The van der Waals surface area contributed by atoms with Gasteiger partial charge in [-0.05, 0) is 50.0 Å². The number of halogens is 2. The van der Waals surface area contributed by atoms with Crippen LogP contribution in [-0.2, 0) is 11.3 Å². The third-order valence-electron chi connectivity index (χ3n) is 8.50. The lowest BCUT2D eigenvalue weighted by atomic mass is 9.83. The summed E-state index contributed by atoms with van der Waals surface area (Å²) < 4.78 is 8.60. The predicted octanol–water partition coefficient (Wildman–Crippen LogP) is 6.45. The van der Waals surface area contributed by atoms with Crippen LogP contribution in [0.1, 0.15) is 51.9 Å². The molecule has 0 amide bonds. The number of nitrogens with zero attached hydrogens (tertiary/aromatic N) is 6. The highest BCUT2D eigenvalue weighted by Gasteiger charge is 2.39. The van der Waals surface area contributed by atoms with Gasteiger partial charge in [0.25, 0.3) is 0 Å². The summed E-state index contributed by atoms with van der Waals surface area (Å²) in [6.45, 7) is 4.89. The minimum absolute atomic E-state index is 0.288. The summed E-state index contributed by atoms with van der Waals surface area (Å²) in [6.07, 6.45) is 10.5. The third kappa shape index (κ3) is 4.79. The normalized spacial score (nSPS) is 26.0. The average molecular weight is 544 g/mol. The molecule has 2 aliphatic carbocycles. The molecule has 0 unspecified atom stereocenters. The van der Waals surface area contributed by atoms with E-state index in [4.69, 9.17) is 37.9 Å². The molecule has 7 nitrogen and oxygen atoms in total. The number of rotatable bonds is 5. The molecule has 4 heterocycles. The molecule has 2 saturated carbocycles. The standard InChI is InChI=1S/C28H36Cl2N6O/c1-17-7-9-18(10-8-17)16-36-26-21(32-28(36)35-11-12-37-23-6-4-5-22(23)35)14-24(30)33-25(26)20-13-19(29)15-31-27(20)34(2)3/h13-15,17-18,22-23H,4-12,16H2,1-3H3/t17-,18-,22-,23-/m0/s1. The summed E-state index contributed by atoms with van der Waals surface area (Å²) in [6, 6.07) is 4.22.